The van der Waals surface area contributed by atoms with E-state index >= 15 is 0 Å². The van der Waals surface area contributed by atoms with Gasteiger partial charge in [-0.15, -0.1) is 0 Å². The lowest BCUT2D eigenvalue weighted by atomic mass is 9.51. The molecule has 142 valence electrons. The van der Waals surface area contributed by atoms with Crippen LogP contribution in [0.1, 0.15) is 60.3 Å². The van der Waals surface area contributed by atoms with Gasteiger partial charge >= 0.3 is 11.9 Å². The molecule has 0 spiro atoms. The largest absolute Gasteiger partial charge is 0.466 e. The van der Waals surface area contributed by atoms with Crippen molar-refractivity contribution in [2.45, 2.75) is 72.0 Å². The van der Waals surface area contributed by atoms with Crippen molar-refractivity contribution >= 4 is 17.7 Å². The third kappa shape index (κ3) is 3.89. The zero-order chi connectivity index (χ0) is 19.0. The van der Waals surface area contributed by atoms with Gasteiger partial charge in [0.05, 0.1) is 18.1 Å². The van der Waals surface area contributed by atoms with Crippen molar-refractivity contribution in [1.82, 2.24) is 0 Å². The molecular formula is C19H30O6. The van der Waals surface area contributed by atoms with Gasteiger partial charge in [0, 0.05) is 25.2 Å². The zero-order valence-corrected chi connectivity index (χ0v) is 15.8. The fraction of sp³-hybridized carbons (Fsp3) is 0.842. The molecule has 0 aromatic carbocycles. The summed E-state index contributed by atoms with van der Waals surface area (Å²) in [6, 6.07) is 0. The second-order valence-corrected chi connectivity index (χ2v) is 8.26. The maximum Gasteiger partial charge on any atom is 0.302 e. The van der Waals surface area contributed by atoms with E-state index in [1.807, 2.05) is 13.8 Å². The van der Waals surface area contributed by atoms with Gasteiger partial charge in [-0.3, -0.25) is 14.4 Å². The predicted octanol–water partition coefficient (Wildman–Crippen LogP) is 2.26. The van der Waals surface area contributed by atoms with Gasteiger partial charge in [0.25, 0.3) is 0 Å². The summed E-state index contributed by atoms with van der Waals surface area (Å²) < 4.78 is 10.6. The van der Waals surface area contributed by atoms with Crippen LogP contribution in [0.2, 0.25) is 0 Å². The minimum absolute atomic E-state index is 0.00439. The normalized spacial score (nSPS) is 39.3. The quantitative estimate of drug-likeness (QED) is 0.779. The van der Waals surface area contributed by atoms with Gasteiger partial charge in [0.1, 0.15) is 11.9 Å². The van der Waals surface area contributed by atoms with Gasteiger partial charge in [-0.2, -0.15) is 0 Å². The number of Topliss-reactive ketones (excluding diaryl/α,β-unsaturated/α-hetero) is 1. The first kappa shape index (κ1) is 19.9. The number of ketones is 1. The van der Waals surface area contributed by atoms with E-state index in [0.29, 0.717) is 25.7 Å². The smallest absolute Gasteiger partial charge is 0.302 e. The molecule has 6 atom stereocenters. The molecular weight excluding hydrogens is 324 g/mol. The van der Waals surface area contributed by atoms with Crippen LogP contribution in [0.3, 0.4) is 0 Å². The predicted molar refractivity (Wildman–Crippen MR) is 90.5 cm³/mol. The van der Waals surface area contributed by atoms with E-state index in [-0.39, 0.29) is 42.3 Å². The van der Waals surface area contributed by atoms with Gasteiger partial charge in [-0.25, -0.2) is 0 Å². The lowest BCUT2D eigenvalue weighted by molar-refractivity contribution is -0.198. The molecule has 0 bridgehead atoms. The van der Waals surface area contributed by atoms with Gasteiger partial charge < -0.3 is 14.6 Å². The highest BCUT2D eigenvalue weighted by molar-refractivity contribution is 5.87. The minimum Gasteiger partial charge on any atom is -0.466 e. The van der Waals surface area contributed by atoms with Crippen molar-refractivity contribution in [3.05, 3.63) is 0 Å². The average molecular weight is 354 g/mol. The third-order valence-corrected chi connectivity index (χ3v) is 6.12. The van der Waals surface area contributed by atoms with Crippen molar-refractivity contribution in [2.75, 3.05) is 6.61 Å². The fourth-order valence-electron chi connectivity index (χ4n) is 4.88. The van der Waals surface area contributed by atoms with Crippen molar-refractivity contribution in [3.8, 4) is 0 Å². The van der Waals surface area contributed by atoms with E-state index in [2.05, 4.69) is 0 Å². The Labute approximate surface area is 149 Å². The topological polar surface area (TPSA) is 89.9 Å². The van der Waals surface area contributed by atoms with E-state index in [0.717, 1.165) is 0 Å². The van der Waals surface area contributed by atoms with E-state index in [9.17, 15) is 19.5 Å². The van der Waals surface area contributed by atoms with Gasteiger partial charge in [0.15, 0.2) is 0 Å². The van der Waals surface area contributed by atoms with Crippen LogP contribution in [0.15, 0.2) is 0 Å². The van der Waals surface area contributed by atoms with E-state index in [1.54, 1.807) is 6.92 Å². The molecule has 6 nitrogen and oxygen atoms in total. The maximum absolute atomic E-state index is 13.3. The molecule has 2 aliphatic carbocycles. The minimum atomic E-state index is -1.12. The Kier molecular flexibility index (Phi) is 5.62. The summed E-state index contributed by atoms with van der Waals surface area (Å²) >= 11 is 0. The molecule has 0 unspecified atom stereocenters. The first-order chi connectivity index (χ1) is 11.5. The number of hydrogen-bond acceptors (Lipinski definition) is 6. The highest BCUT2D eigenvalue weighted by Crippen LogP contribution is 2.55. The Morgan fingerprint density at radius 3 is 2.40 bits per heavy atom. The maximum atomic E-state index is 13.3. The average Bonchev–Trinajstić information content (AvgIpc) is 2.47. The van der Waals surface area contributed by atoms with Crippen molar-refractivity contribution in [1.29, 1.82) is 0 Å². The summed E-state index contributed by atoms with van der Waals surface area (Å²) in [6.45, 7) is 8.47. The number of carbonyl (C=O) groups is 3. The van der Waals surface area contributed by atoms with Crippen molar-refractivity contribution in [3.63, 3.8) is 0 Å². The summed E-state index contributed by atoms with van der Waals surface area (Å²) in [4.78, 5) is 35.8. The molecule has 2 rings (SSSR count). The van der Waals surface area contributed by atoms with Gasteiger partial charge in [0.2, 0.25) is 0 Å². The SMILES string of the molecule is CC(=O)OC[C@H](C)[C@@H]1CC[C@]2(C)[C@@H](C1=O)[C@@](C)(O)CC[C@H]2OC(C)=O. The zero-order valence-electron chi connectivity index (χ0n) is 15.8. The molecule has 6 heteroatoms. The third-order valence-electron chi connectivity index (χ3n) is 6.12. The van der Waals surface area contributed by atoms with E-state index in [4.69, 9.17) is 9.47 Å². The molecule has 2 fully saturated rings. The second kappa shape index (κ2) is 7.06. The number of fused-ring (bicyclic) bond motifs is 1. The van der Waals surface area contributed by atoms with Crippen LogP contribution in [0, 0.1) is 23.2 Å². The fourth-order valence-corrected chi connectivity index (χ4v) is 4.88. The molecule has 2 aliphatic rings. The summed E-state index contributed by atoms with van der Waals surface area (Å²) in [5.41, 5.74) is -1.69. The van der Waals surface area contributed by atoms with Crippen LogP contribution in [0.25, 0.3) is 0 Å². The van der Waals surface area contributed by atoms with Crippen LogP contribution in [-0.4, -0.2) is 41.1 Å². The number of ether oxygens (including phenoxy) is 2. The molecule has 0 aromatic rings. The van der Waals surface area contributed by atoms with Crippen LogP contribution in [0.5, 0.6) is 0 Å². The van der Waals surface area contributed by atoms with Crippen LogP contribution in [-0.2, 0) is 23.9 Å². The Balaban J connectivity index is 2.25. The molecule has 0 aliphatic heterocycles. The Morgan fingerprint density at radius 1 is 1.20 bits per heavy atom. The number of aliphatic hydroxyl groups is 1. The van der Waals surface area contributed by atoms with Crippen LogP contribution >= 0.6 is 0 Å². The molecule has 0 amide bonds. The van der Waals surface area contributed by atoms with Crippen LogP contribution < -0.4 is 0 Å². The summed E-state index contributed by atoms with van der Waals surface area (Å²) in [5, 5.41) is 10.9. The van der Waals surface area contributed by atoms with Crippen molar-refractivity contribution in [2.24, 2.45) is 23.2 Å². The van der Waals surface area contributed by atoms with E-state index in [1.165, 1.54) is 13.8 Å². The second-order valence-electron chi connectivity index (χ2n) is 8.26. The molecule has 0 heterocycles. The first-order valence-electron chi connectivity index (χ1n) is 9.05. The number of esters is 2. The molecule has 0 saturated heterocycles. The molecule has 25 heavy (non-hydrogen) atoms. The molecule has 2 saturated carbocycles. The van der Waals surface area contributed by atoms with Crippen LogP contribution in [0.4, 0.5) is 0 Å². The Bertz CT molecular complexity index is 554. The van der Waals surface area contributed by atoms with Gasteiger partial charge in [-0.1, -0.05) is 13.8 Å². The summed E-state index contributed by atoms with van der Waals surface area (Å²) in [7, 11) is 0. The highest BCUT2D eigenvalue weighted by Gasteiger charge is 2.61. The lowest BCUT2D eigenvalue weighted by Gasteiger charge is -2.56. The number of rotatable bonds is 4. The monoisotopic (exact) mass is 354 g/mol. The van der Waals surface area contributed by atoms with E-state index < -0.39 is 16.9 Å². The molecule has 0 aromatic heterocycles. The summed E-state index contributed by atoms with van der Waals surface area (Å²) in [6.07, 6.45) is 1.95. The lowest BCUT2D eigenvalue weighted by Crippen LogP contribution is -2.62. The number of hydrogen-bond donors (Lipinski definition) is 1. The summed E-state index contributed by atoms with van der Waals surface area (Å²) in [5.74, 6) is -1.68. The molecule has 0 radical (unpaired) electrons. The highest BCUT2D eigenvalue weighted by atomic mass is 16.5. The molecule has 1 N–H and O–H groups in total. The number of carbonyl (C=O) groups excluding carboxylic acids is 3. The standard InChI is InChI=1S/C19H30O6/c1-11(10-24-12(2)20)14-6-8-18(4)15(25-13(3)21)7-9-19(5,23)17(18)16(14)22/h11,14-15,17,23H,6-10H2,1-5H3/t11-,14-,15+,17+,18-,19-/m0/s1. The first-order valence-corrected chi connectivity index (χ1v) is 9.05. The van der Waals surface area contributed by atoms with Crippen molar-refractivity contribution < 1.29 is 29.0 Å². The Hall–Kier alpha value is -1.43. The van der Waals surface area contributed by atoms with Gasteiger partial charge in [-0.05, 0) is 38.5 Å². The Morgan fingerprint density at radius 2 is 1.84 bits per heavy atom.